The van der Waals surface area contributed by atoms with Crippen LogP contribution in [0, 0.1) is 0 Å². The number of hydrogen-bond donors (Lipinski definition) is 0. The number of carbonyl (C=O) groups is 1. The van der Waals surface area contributed by atoms with Gasteiger partial charge in [0.15, 0.2) is 11.6 Å². The third-order valence-corrected chi connectivity index (χ3v) is 5.11. The summed E-state index contributed by atoms with van der Waals surface area (Å²) in [6, 6.07) is 18.9. The molecule has 2 aromatic heterocycles. The summed E-state index contributed by atoms with van der Waals surface area (Å²) >= 11 is 0. The number of carbonyl (C=O) groups excluding carboxylic acids is 1. The zero-order valence-corrected chi connectivity index (χ0v) is 15.7. The highest BCUT2D eigenvalue weighted by atomic mass is 16.1. The molecule has 0 aliphatic heterocycles. The molecule has 0 fully saturated rings. The van der Waals surface area contributed by atoms with Gasteiger partial charge in [-0.25, -0.2) is 4.98 Å². The Bertz CT molecular complexity index is 1080. The van der Waals surface area contributed by atoms with Crippen LogP contribution in [0.3, 0.4) is 0 Å². The molecular formula is C23H23N3O. The van der Waals surface area contributed by atoms with E-state index in [0.29, 0.717) is 12.2 Å². The summed E-state index contributed by atoms with van der Waals surface area (Å²) in [5, 5.41) is 1.22. The van der Waals surface area contributed by atoms with Crippen LogP contribution < -0.4 is 0 Å². The molecule has 0 spiro atoms. The molecule has 1 unspecified atom stereocenters. The van der Waals surface area contributed by atoms with Gasteiger partial charge in [-0.1, -0.05) is 55.5 Å². The Morgan fingerprint density at radius 1 is 1.07 bits per heavy atom. The molecule has 2 heterocycles. The van der Waals surface area contributed by atoms with Crippen molar-refractivity contribution in [1.29, 1.82) is 0 Å². The minimum Gasteiger partial charge on any atom is -0.343 e. The summed E-state index contributed by atoms with van der Waals surface area (Å²) in [6.45, 7) is 2.94. The van der Waals surface area contributed by atoms with Gasteiger partial charge in [0, 0.05) is 49.5 Å². The molecule has 0 N–H and O–H groups in total. The van der Waals surface area contributed by atoms with Gasteiger partial charge < -0.3 is 9.13 Å². The smallest absolute Gasteiger partial charge is 0.198 e. The third kappa shape index (κ3) is 3.43. The molecule has 4 aromatic rings. The van der Waals surface area contributed by atoms with Crippen molar-refractivity contribution in [2.45, 2.75) is 25.8 Å². The highest BCUT2D eigenvalue weighted by molar-refractivity contribution is 5.94. The molecular weight excluding hydrogens is 334 g/mol. The summed E-state index contributed by atoms with van der Waals surface area (Å²) in [5.41, 5.74) is 3.68. The monoisotopic (exact) mass is 357 g/mol. The number of aryl methyl sites for hydroxylation is 1. The van der Waals surface area contributed by atoms with Crippen LogP contribution in [0.1, 0.15) is 41.0 Å². The number of rotatable bonds is 6. The molecule has 0 saturated carbocycles. The fraction of sp³-hybridized carbons (Fsp3) is 0.217. The van der Waals surface area contributed by atoms with Crippen molar-refractivity contribution in [3.05, 3.63) is 90.1 Å². The van der Waals surface area contributed by atoms with Gasteiger partial charge in [0.05, 0.1) is 0 Å². The molecule has 27 heavy (non-hydrogen) atoms. The highest BCUT2D eigenvalue weighted by Crippen LogP contribution is 2.31. The van der Waals surface area contributed by atoms with Crippen molar-refractivity contribution in [1.82, 2.24) is 14.1 Å². The topological polar surface area (TPSA) is 39.8 Å². The standard InChI is InChI=1S/C23H23N3O/c1-17(14-22(27)23-24-12-13-25(23)2)20-16-26(15-18-8-4-3-5-9-18)21-11-7-6-10-19(20)21/h3-13,16-17H,14-15H2,1-2H3. The Kier molecular flexibility index (Phi) is 4.63. The van der Waals surface area contributed by atoms with E-state index in [9.17, 15) is 4.79 Å². The lowest BCUT2D eigenvalue weighted by atomic mass is 9.95. The molecule has 136 valence electrons. The summed E-state index contributed by atoms with van der Waals surface area (Å²) in [7, 11) is 1.86. The molecule has 0 amide bonds. The SMILES string of the molecule is CC(CC(=O)c1nccn1C)c1cn(Cc2ccccc2)c2ccccc12. The maximum Gasteiger partial charge on any atom is 0.198 e. The van der Waals surface area contributed by atoms with E-state index in [4.69, 9.17) is 0 Å². The maximum absolute atomic E-state index is 12.7. The number of imidazole rings is 1. The summed E-state index contributed by atoms with van der Waals surface area (Å²) in [6.07, 6.45) is 6.13. The minimum absolute atomic E-state index is 0.0786. The predicted molar refractivity (Wildman–Crippen MR) is 108 cm³/mol. The largest absolute Gasteiger partial charge is 0.343 e. The average Bonchev–Trinajstić information content (AvgIpc) is 3.27. The third-order valence-electron chi connectivity index (χ3n) is 5.11. The van der Waals surface area contributed by atoms with Crippen molar-refractivity contribution >= 4 is 16.7 Å². The summed E-state index contributed by atoms with van der Waals surface area (Å²) in [4.78, 5) is 16.8. The van der Waals surface area contributed by atoms with E-state index >= 15 is 0 Å². The van der Waals surface area contributed by atoms with E-state index in [1.165, 1.54) is 22.0 Å². The van der Waals surface area contributed by atoms with Gasteiger partial charge in [0.25, 0.3) is 0 Å². The Hall–Kier alpha value is -3.14. The van der Waals surface area contributed by atoms with Crippen LogP contribution in [0.4, 0.5) is 0 Å². The second-order valence-electron chi connectivity index (χ2n) is 7.11. The van der Waals surface area contributed by atoms with Gasteiger partial charge in [-0.15, -0.1) is 0 Å². The first-order valence-electron chi connectivity index (χ1n) is 9.25. The number of hydrogen-bond acceptors (Lipinski definition) is 2. The fourth-order valence-corrected chi connectivity index (χ4v) is 3.69. The number of aromatic nitrogens is 3. The predicted octanol–water partition coefficient (Wildman–Crippen LogP) is 4.80. The van der Waals surface area contributed by atoms with E-state index in [1.807, 2.05) is 19.3 Å². The van der Waals surface area contributed by atoms with Crippen LogP contribution in [-0.2, 0) is 13.6 Å². The number of fused-ring (bicyclic) bond motifs is 1. The van der Waals surface area contributed by atoms with Gasteiger partial charge in [-0.05, 0) is 23.1 Å². The van der Waals surface area contributed by atoms with Gasteiger partial charge >= 0.3 is 0 Å². The van der Waals surface area contributed by atoms with Crippen molar-refractivity contribution in [3.8, 4) is 0 Å². The van der Waals surface area contributed by atoms with Crippen LogP contribution in [-0.4, -0.2) is 19.9 Å². The average molecular weight is 357 g/mol. The number of Topliss-reactive ketones (excluding diaryl/α,β-unsaturated/α-hetero) is 1. The van der Waals surface area contributed by atoms with E-state index in [2.05, 4.69) is 71.2 Å². The number of nitrogens with zero attached hydrogens (tertiary/aromatic N) is 3. The molecule has 0 aliphatic carbocycles. The van der Waals surface area contributed by atoms with Gasteiger partial charge in [-0.2, -0.15) is 0 Å². The number of ketones is 1. The molecule has 0 aliphatic rings. The molecule has 4 nitrogen and oxygen atoms in total. The molecule has 0 saturated heterocycles. The zero-order chi connectivity index (χ0) is 18.8. The van der Waals surface area contributed by atoms with E-state index in [1.54, 1.807) is 10.8 Å². The van der Waals surface area contributed by atoms with Gasteiger partial charge in [-0.3, -0.25) is 4.79 Å². The first-order valence-corrected chi connectivity index (χ1v) is 9.25. The van der Waals surface area contributed by atoms with Crippen LogP contribution >= 0.6 is 0 Å². The lowest BCUT2D eigenvalue weighted by Crippen LogP contribution is -2.10. The lowest BCUT2D eigenvalue weighted by Gasteiger charge is -2.10. The van der Waals surface area contributed by atoms with Crippen molar-refractivity contribution in [3.63, 3.8) is 0 Å². The zero-order valence-electron chi connectivity index (χ0n) is 15.7. The Morgan fingerprint density at radius 2 is 1.81 bits per heavy atom. The van der Waals surface area contributed by atoms with E-state index in [0.717, 1.165) is 6.54 Å². The van der Waals surface area contributed by atoms with E-state index < -0.39 is 0 Å². The second kappa shape index (κ2) is 7.23. The highest BCUT2D eigenvalue weighted by Gasteiger charge is 2.20. The fourth-order valence-electron chi connectivity index (χ4n) is 3.69. The second-order valence-corrected chi connectivity index (χ2v) is 7.11. The van der Waals surface area contributed by atoms with Gasteiger partial charge in [0.2, 0.25) is 0 Å². The van der Waals surface area contributed by atoms with E-state index in [-0.39, 0.29) is 11.7 Å². The molecule has 1 atom stereocenters. The van der Waals surface area contributed by atoms with Crippen LogP contribution in [0.25, 0.3) is 10.9 Å². The number of para-hydroxylation sites is 1. The quantitative estimate of drug-likeness (QED) is 0.465. The Labute approximate surface area is 159 Å². The first-order chi connectivity index (χ1) is 13.1. The maximum atomic E-state index is 12.7. The molecule has 4 rings (SSSR count). The van der Waals surface area contributed by atoms with Crippen LogP contribution in [0.15, 0.2) is 73.2 Å². The van der Waals surface area contributed by atoms with Gasteiger partial charge in [0.1, 0.15) is 0 Å². The Balaban J connectivity index is 1.65. The van der Waals surface area contributed by atoms with Crippen LogP contribution in [0.2, 0.25) is 0 Å². The summed E-state index contributed by atoms with van der Waals surface area (Å²) in [5.74, 6) is 0.723. The Morgan fingerprint density at radius 3 is 2.56 bits per heavy atom. The lowest BCUT2D eigenvalue weighted by molar-refractivity contribution is 0.0962. The normalized spacial score (nSPS) is 12.4. The van der Waals surface area contributed by atoms with Crippen molar-refractivity contribution < 1.29 is 4.79 Å². The van der Waals surface area contributed by atoms with Crippen molar-refractivity contribution in [2.24, 2.45) is 7.05 Å². The summed E-state index contributed by atoms with van der Waals surface area (Å²) < 4.78 is 4.06. The first kappa shape index (κ1) is 17.3. The van der Waals surface area contributed by atoms with Crippen molar-refractivity contribution in [2.75, 3.05) is 0 Å². The molecule has 0 bridgehead atoms. The molecule has 0 radical (unpaired) electrons. The molecule has 4 heteroatoms. The minimum atomic E-state index is 0.0786. The number of benzene rings is 2. The molecule has 2 aromatic carbocycles. The van der Waals surface area contributed by atoms with Crippen LogP contribution in [0.5, 0.6) is 0 Å².